The Morgan fingerprint density at radius 1 is 1.43 bits per heavy atom. The number of morpholine rings is 1. The van der Waals surface area contributed by atoms with Crippen molar-refractivity contribution in [2.45, 2.75) is 46.0 Å². The molecule has 21 heavy (non-hydrogen) atoms. The van der Waals surface area contributed by atoms with Crippen molar-refractivity contribution >= 4 is 0 Å². The van der Waals surface area contributed by atoms with Gasteiger partial charge in [-0.15, -0.1) is 0 Å². The molecule has 1 fully saturated rings. The fraction of sp³-hybridized carbons (Fsp3) is 0.688. The van der Waals surface area contributed by atoms with Gasteiger partial charge in [-0.3, -0.25) is 4.98 Å². The van der Waals surface area contributed by atoms with Crippen LogP contribution in [0.2, 0.25) is 0 Å². The fourth-order valence-electron chi connectivity index (χ4n) is 2.67. The van der Waals surface area contributed by atoms with Gasteiger partial charge in [0.1, 0.15) is 5.75 Å². The Labute approximate surface area is 127 Å². The molecule has 1 unspecified atom stereocenters. The first-order valence-corrected chi connectivity index (χ1v) is 7.38. The van der Waals surface area contributed by atoms with E-state index in [1.54, 1.807) is 7.11 Å². The third-order valence-corrected chi connectivity index (χ3v) is 3.70. The lowest BCUT2D eigenvalue weighted by Crippen LogP contribution is -2.51. The van der Waals surface area contributed by atoms with Gasteiger partial charge in [-0.05, 0) is 27.7 Å². The first kappa shape index (κ1) is 16.2. The van der Waals surface area contributed by atoms with Gasteiger partial charge in [0, 0.05) is 30.4 Å². The van der Waals surface area contributed by atoms with Crippen LogP contribution in [0.4, 0.5) is 0 Å². The van der Waals surface area contributed by atoms with Crippen LogP contribution >= 0.6 is 0 Å². The summed E-state index contributed by atoms with van der Waals surface area (Å²) in [5, 5.41) is 3.37. The van der Waals surface area contributed by atoms with Crippen molar-refractivity contribution in [1.29, 1.82) is 0 Å². The zero-order chi connectivity index (χ0) is 15.5. The smallest absolute Gasteiger partial charge is 0.128 e. The number of methoxy groups -OCH3 is 1. The summed E-state index contributed by atoms with van der Waals surface area (Å²) in [5.41, 5.74) is 2.87. The summed E-state index contributed by atoms with van der Waals surface area (Å²) >= 11 is 0. The molecule has 1 atom stereocenters. The molecule has 1 aliphatic rings. The Hall–Kier alpha value is -1.17. The highest BCUT2D eigenvalue weighted by Gasteiger charge is 2.28. The second kappa shape index (κ2) is 6.73. The van der Waals surface area contributed by atoms with Gasteiger partial charge in [0.2, 0.25) is 0 Å². The molecule has 0 amide bonds. The van der Waals surface area contributed by atoms with Crippen LogP contribution in [0, 0.1) is 13.8 Å². The molecular weight excluding hydrogens is 268 g/mol. The number of rotatable bonds is 5. The van der Waals surface area contributed by atoms with Crippen LogP contribution in [0.5, 0.6) is 5.75 Å². The number of hydrogen-bond donors (Lipinski definition) is 1. The predicted molar refractivity (Wildman–Crippen MR) is 81.7 cm³/mol. The summed E-state index contributed by atoms with van der Waals surface area (Å²) in [6, 6.07) is 0. The average molecular weight is 294 g/mol. The summed E-state index contributed by atoms with van der Waals surface area (Å²) in [6.45, 7) is 10.9. The number of pyridine rings is 1. The van der Waals surface area contributed by atoms with Crippen molar-refractivity contribution in [3.63, 3.8) is 0 Å². The average Bonchev–Trinajstić information content (AvgIpc) is 2.41. The van der Waals surface area contributed by atoms with Crippen molar-refractivity contribution in [2.75, 3.05) is 26.8 Å². The standard InChI is InChI=1S/C16H26N2O3/c1-11-6-18-14(12(2)15(11)19-5)9-20-8-13-7-17-10-16(3,4)21-13/h6,13,17H,7-10H2,1-5H3. The maximum absolute atomic E-state index is 5.97. The molecule has 1 N–H and O–H groups in total. The third kappa shape index (κ3) is 4.15. The van der Waals surface area contributed by atoms with Crippen molar-refractivity contribution in [3.05, 3.63) is 23.0 Å². The van der Waals surface area contributed by atoms with Crippen LogP contribution in [0.1, 0.15) is 30.7 Å². The predicted octanol–water partition coefficient (Wildman–Crippen LogP) is 1.99. The Kier molecular flexibility index (Phi) is 5.19. The minimum absolute atomic E-state index is 0.0846. The number of ether oxygens (including phenoxy) is 3. The molecule has 0 bridgehead atoms. The highest BCUT2D eigenvalue weighted by atomic mass is 16.5. The summed E-state index contributed by atoms with van der Waals surface area (Å²) in [5.74, 6) is 0.889. The Morgan fingerprint density at radius 2 is 2.19 bits per heavy atom. The topological polar surface area (TPSA) is 52.6 Å². The summed E-state index contributed by atoms with van der Waals surface area (Å²) in [7, 11) is 1.68. The second-order valence-electron chi connectivity index (χ2n) is 6.19. The van der Waals surface area contributed by atoms with E-state index < -0.39 is 0 Å². The SMILES string of the molecule is COc1c(C)cnc(COCC2CNCC(C)(C)O2)c1C. The van der Waals surface area contributed by atoms with Crippen LogP contribution in [-0.2, 0) is 16.1 Å². The lowest BCUT2D eigenvalue weighted by atomic mass is 10.1. The summed E-state index contributed by atoms with van der Waals surface area (Å²) in [6.07, 6.45) is 1.91. The monoisotopic (exact) mass is 294 g/mol. The summed E-state index contributed by atoms with van der Waals surface area (Å²) in [4.78, 5) is 4.44. The van der Waals surface area contributed by atoms with Gasteiger partial charge in [-0.1, -0.05) is 0 Å². The molecule has 2 rings (SSSR count). The molecule has 2 heterocycles. The first-order chi connectivity index (χ1) is 9.93. The fourth-order valence-corrected chi connectivity index (χ4v) is 2.67. The van der Waals surface area contributed by atoms with E-state index in [0.29, 0.717) is 13.2 Å². The van der Waals surface area contributed by atoms with Crippen molar-refractivity contribution in [2.24, 2.45) is 0 Å². The normalized spacial score (nSPS) is 21.3. The quantitative estimate of drug-likeness (QED) is 0.900. The third-order valence-electron chi connectivity index (χ3n) is 3.70. The van der Waals surface area contributed by atoms with Gasteiger partial charge in [0.15, 0.2) is 0 Å². The van der Waals surface area contributed by atoms with E-state index in [0.717, 1.165) is 35.7 Å². The molecule has 1 aliphatic heterocycles. The number of aryl methyl sites for hydroxylation is 1. The van der Waals surface area contributed by atoms with Gasteiger partial charge >= 0.3 is 0 Å². The summed E-state index contributed by atoms with van der Waals surface area (Å²) < 4.78 is 17.2. The van der Waals surface area contributed by atoms with Crippen molar-refractivity contribution in [3.8, 4) is 5.75 Å². The van der Waals surface area contributed by atoms with Crippen LogP contribution < -0.4 is 10.1 Å². The number of nitrogens with one attached hydrogen (secondary N) is 1. The zero-order valence-corrected chi connectivity index (χ0v) is 13.7. The molecule has 0 aliphatic carbocycles. The van der Waals surface area contributed by atoms with E-state index >= 15 is 0 Å². The van der Waals surface area contributed by atoms with E-state index in [-0.39, 0.29) is 11.7 Å². The van der Waals surface area contributed by atoms with E-state index in [2.05, 4.69) is 24.1 Å². The molecule has 1 aromatic heterocycles. The zero-order valence-electron chi connectivity index (χ0n) is 13.7. The number of nitrogens with zero attached hydrogens (tertiary/aromatic N) is 1. The molecular formula is C16H26N2O3. The molecule has 1 saturated heterocycles. The minimum atomic E-state index is -0.131. The largest absolute Gasteiger partial charge is 0.496 e. The molecule has 5 nitrogen and oxygen atoms in total. The van der Waals surface area contributed by atoms with Crippen LogP contribution in [0.15, 0.2) is 6.20 Å². The van der Waals surface area contributed by atoms with E-state index in [9.17, 15) is 0 Å². The van der Waals surface area contributed by atoms with E-state index in [1.807, 2.05) is 20.0 Å². The molecule has 5 heteroatoms. The van der Waals surface area contributed by atoms with Crippen LogP contribution in [-0.4, -0.2) is 43.5 Å². The maximum atomic E-state index is 5.97. The molecule has 0 radical (unpaired) electrons. The molecule has 1 aromatic rings. The van der Waals surface area contributed by atoms with Gasteiger partial charge in [0.25, 0.3) is 0 Å². The highest BCUT2D eigenvalue weighted by Crippen LogP contribution is 2.24. The maximum Gasteiger partial charge on any atom is 0.128 e. The van der Waals surface area contributed by atoms with Gasteiger partial charge in [-0.2, -0.15) is 0 Å². The Balaban J connectivity index is 1.89. The van der Waals surface area contributed by atoms with E-state index in [4.69, 9.17) is 14.2 Å². The van der Waals surface area contributed by atoms with Crippen molar-refractivity contribution < 1.29 is 14.2 Å². The molecule has 0 aromatic carbocycles. The highest BCUT2D eigenvalue weighted by molar-refractivity contribution is 5.40. The lowest BCUT2D eigenvalue weighted by Gasteiger charge is -2.36. The molecule has 0 spiro atoms. The van der Waals surface area contributed by atoms with Gasteiger partial charge < -0.3 is 19.5 Å². The molecule has 0 saturated carbocycles. The van der Waals surface area contributed by atoms with Crippen LogP contribution in [0.3, 0.4) is 0 Å². The second-order valence-corrected chi connectivity index (χ2v) is 6.19. The minimum Gasteiger partial charge on any atom is -0.496 e. The number of hydrogen-bond acceptors (Lipinski definition) is 5. The Morgan fingerprint density at radius 3 is 2.86 bits per heavy atom. The van der Waals surface area contributed by atoms with Crippen LogP contribution in [0.25, 0.3) is 0 Å². The van der Waals surface area contributed by atoms with Gasteiger partial charge in [-0.25, -0.2) is 0 Å². The Bertz CT molecular complexity index is 489. The van der Waals surface area contributed by atoms with Crippen molar-refractivity contribution in [1.82, 2.24) is 10.3 Å². The lowest BCUT2D eigenvalue weighted by molar-refractivity contribution is -0.122. The number of aromatic nitrogens is 1. The van der Waals surface area contributed by atoms with E-state index in [1.165, 1.54) is 0 Å². The molecule has 118 valence electrons. The first-order valence-electron chi connectivity index (χ1n) is 7.38. The van der Waals surface area contributed by atoms with Gasteiger partial charge in [0.05, 0.1) is 37.7 Å².